The summed E-state index contributed by atoms with van der Waals surface area (Å²) in [5, 5.41) is 17.3. The van der Waals surface area contributed by atoms with Gasteiger partial charge in [0, 0.05) is 45.3 Å². The first-order valence-electron chi connectivity index (χ1n) is 6.75. The molecule has 0 atom stereocenters. The first-order valence-corrected chi connectivity index (χ1v) is 8.19. The molecule has 0 spiro atoms. The second-order valence-electron chi connectivity index (χ2n) is 4.40. The van der Waals surface area contributed by atoms with Gasteiger partial charge in [-0.15, -0.1) is 0 Å². The van der Waals surface area contributed by atoms with Crippen LogP contribution in [0.4, 0.5) is 5.82 Å². The van der Waals surface area contributed by atoms with E-state index in [4.69, 9.17) is 0 Å². The number of aryl methyl sites for hydroxylation is 1. The molecule has 0 aliphatic carbocycles. The molecule has 24 heavy (non-hydrogen) atoms. The van der Waals surface area contributed by atoms with Crippen LogP contribution < -0.4 is 4.31 Å². The zero-order valence-electron chi connectivity index (χ0n) is 14.3. The van der Waals surface area contributed by atoms with E-state index in [1.165, 1.54) is 7.05 Å². The number of aliphatic hydroxyl groups is 1. The summed E-state index contributed by atoms with van der Waals surface area (Å²) in [7, 11) is -2.57. The Morgan fingerprint density at radius 2 is 1.75 bits per heavy atom. The van der Waals surface area contributed by atoms with Crippen molar-refractivity contribution in [2.45, 2.75) is 20.8 Å². The summed E-state index contributed by atoms with van der Waals surface area (Å²) in [6, 6.07) is 6.89. The van der Waals surface area contributed by atoms with Crippen LogP contribution in [0.15, 0.2) is 28.9 Å². The number of anilines is 1. The van der Waals surface area contributed by atoms with Crippen LogP contribution in [0, 0.1) is 14.4 Å². The van der Waals surface area contributed by atoms with Crippen molar-refractivity contribution in [1.82, 2.24) is 10.3 Å². The second kappa shape index (κ2) is 8.73. The number of fused-ring (bicyclic) bond motifs is 1. The van der Waals surface area contributed by atoms with E-state index in [2.05, 4.69) is 14.9 Å². The van der Waals surface area contributed by atoms with Crippen molar-refractivity contribution in [2.24, 2.45) is 0 Å². The van der Waals surface area contributed by atoms with Crippen LogP contribution in [-0.2, 0) is 42.7 Å². The Labute approximate surface area is 167 Å². The second-order valence-corrected chi connectivity index (χ2v) is 6.31. The maximum Gasteiger partial charge on any atom is 0.269 e. The third-order valence-electron chi connectivity index (χ3n) is 3.22. The van der Waals surface area contributed by atoms with Gasteiger partial charge in [0.1, 0.15) is 4.91 Å². The zero-order valence-corrected chi connectivity index (χ0v) is 18.0. The number of rotatable bonds is 1. The Balaban J connectivity index is 0.00000128. The molecule has 0 saturated carbocycles. The summed E-state index contributed by atoms with van der Waals surface area (Å²) >= 11 is 0. The molecule has 0 saturated heterocycles. The SMILES string of the molecule is CC.Cc1ccccc1C1=C(O)c2nonc2N(C)S1(=O)=O.[CH3-].[Y]. The fourth-order valence-corrected chi connectivity index (χ4v) is 3.58. The van der Waals surface area contributed by atoms with Gasteiger partial charge in [0.05, 0.1) is 0 Å². The minimum absolute atomic E-state index is 0. The van der Waals surface area contributed by atoms with E-state index >= 15 is 0 Å². The fourth-order valence-electron chi connectivity index (χ4n) is 2.11. The normalized spacial score (nSPS) is 14.6. The predicted octanol–water partition coefficient (Wildman–Crippen LogP) is 3.02. The topological polar surface area (TPSA) is 96.5 Å². The minimum Gasteiger partial charge on any atom is -0.504 e. The Kier molecular flexibility index (Phi) is 8.28. The van der Waals surface area contributed by atoms with Gasteiger partial charge < -0.3 is 12.5 Å². The third kappa shape index (κ3) is 3.55. The van der Waals surface area contributed by atoms with Crippen molar-refractivity contribution in [2.75, 3.05) is 11.4 Å². The maximum absolute atomic E-state index is 12.5. The number of aromatic nitrogens is 2. The summed E-state index contributed by atoms with van der Waals surface area (Å²) in [6.45, 7) is 5.77. The van der Waals surface area contributed by atoms with Crippen molar-refractivity contribution < 1.29 is 50.9 Å². The molecule has 0 amide bonds. The molecule has 1 aliphatic rings. The standard InChI is InChI=1S/C12H11N3O4S.C2H6.CH3.Y/c1-7-5-3-4-6-8(7)11-10(16)9-12(14-19-13-9)15(2)20(11,17)18;1-2;;/h3-6,16H,1-2H3;1-2H3;1H3;/q;;-1;. The van der Waals surface area contributed by atoms with E-state index in [0.717, 1.165) is 9.87 Å². The Hall–Kier alpha value is -1.25. The van der Waals surface area contributed by atoms with Crippen LogP contribution in [0.5, 0.6) is 0 Å². The average molecular weight is 427 g/mol. The van der Waals surface area contributed by atoms with Gasteiger partial charge in [0.15, 0.2) is 11.5 Å². The Bertz CT molecular complexity index is 831. The summed E-state index contributed by atoms with van der Waals surface area (Å²) in [5.41, 5.74) is 1.16. The number of benzene rings is 1. The number of sulfonamides is 1. The van der Waals surface area contributed by atoms with E-state index in [1.54, 1.807) is 31.2 Å². The summed E-state index contributed by atoms with van der Waals surface area (Å²) < 4.78 is 30.5. The smallest absolute Gasteiger partial charge is 0.269 e. The van der Waals surface area contributed by atoms with Gasteiger partial charge in [-0.05, 0) is 22.8 Å². The van der Waals surface area contributed by atoms with Crippen LogP contribution in [0.2, 0.25) is 0 Å². The summed E-state index contributed by atoms with van der Waals surface area (Å²) in [6.07, 6.45) is 0. The molecule has 2 aromatic rings. The van der Waals surface area contributed by atoms with Gasteiger partial charge in [0.25, 0.3) is 10.0 Å². The quantitative estimate of drug-likeness (QED) is 0.703. The molecule has 9 heteroatoms. The van der Waals surface area contributed by atoms with E-state index in [0.29, 0.717) is 5.56 Å². The summed E-state index contributed by atoms with van der Waals surface area (Å²) in [4.78, 5) is -0.193. The number of hydrogen-bond donors (Lipinski definition) is 1. The Morgan fingerprint density at radius 3 is 2.33 bits per heavy atom. The van der Waals surface area contributed by atoms with Crippen molar-refractivity contribution in [3.63, 3.8) is 0 Å². The van der Waals surface area contributed by atoms with Gasteiger partial charge in [0.2, 0.25) is 5.82 Å². The molecule has 1 aliphatic heterocycles. The molecule has 7 nitrogen and oxygen atoms in total. The van der Waals surface area contributed by atoms with Gasteiger partial charge >= 0.3 is 0 Å². The molecule has 0 fully saturated rings. The van der Waals surface area contributed by atoms with Crippen LogP contribution >= 0.6 is 0 Å². The number of aliphatic hydroxyl groups excluding tert-OH is 1. The third-order valence-corrected chi connectivity index (χ3v) is 5.04. The molecule has 1 aromatic heterocycles. The van der Waals surface area contributed by atoms with Crippen LogP contribution in [-0.4, -0.2) is 30.9 Å². The molecule has 129 valence electrons. The average Bonchev–Trinajstić information content (AvgIpc) is 2.99. The molecular weight excluding hydrogens is 407 g/mol. The first kappa shape index (κ1) is 22.8. The Morgan fingerprint density at radius 1 is 1.17 bits per heavy atom. The van der Waals surface area contributed by atoms with E-state index in [9.17, 15) is 13.5 Å². The van der Waals surface area contributed by atoms with Crippen LogP contribution in [0.1, 0.15) is 30.7 Å². The maximum atomic E-state index is 12.5. The molecular formula is C15H20N3O4SY-. The monoisotopic (exact) mass is 427 g/mol. The van der Waals surface area contributed by atoms with E-state index < -0.39 is 15.8 Å². The molecule has 3 rings (SSSR count). The predicted molar refractivity (Wildman–Crippen MR) is 90.0 cm³/mol. The largest absolute Gasteiger partial charge is 0.504 e. The molecule has 0 unspecified atom stereocenters. The van der Waals surface area contributed by atoms with Crippen molar-refractivity contribution in [3.05, 3.63) is 48.5 Å². The summed E-state index contributed by atoms with van der Waals surface area (Å²) in [5.74, 6) is -0.478. The van der Waals surface area contributed by atoms with E-state index in [-0.39, 0.29) is 56.6 Å². The van der Waals surface area contributed by atoms with Crippen molar-refractivity contribution >= 4 is 26.5 Å². The molecule has 1 aromatic carbocycles. The van der Waals surface area contributed by atoms with Crippen molar-refractivity contribution in [1.29, 1.82) is 0 Å². The number of nitrogens with zero attached hydrogens (tertiary/aromatic N) is 3. The minimum atomic E-state index is -3.91. The van der Waals surface area contributed by atoms with Gasteiger partial charge in [-0.2, -0.15) is 0 Å². The molecule has 1 radical (unpaired) electrons. The first-order chi connectivity index (χ1) is 10.4. The van der Waals surface area contributed by atoms with Crippen molar-refractivity contribution in [3.8, 4) is 0 Å². The van der Waals surface area contributed by atoms with E-state index in [1.807, 2.05) is 13.8 Å². The molecule has 1 N–H and O–H groups in total. The van der Waals surface area contributed by atoms with Crippen LogP contribution in [0.3, 0.4) is 0 Å². The van der Waals surface area contributed by atoms with Gasteiger partial charge in [-0.25, -0.2) is 17.4 Å². The van der Waals surface area contributed by atoms with Gasteiger partial charge in [-0.3, -0.25) is 0 Å². The number of hydrogen-bond acceptors (Lipinski definition) is 6. The van der Waals surface area contributed by atoms with Crippen LogP contribution in [0.25, 0.3) is 10.7 Å². The fraction of sp³-hybridized carbons (Fsp3) is 0.267. The molecule has 0 bridgehead atoms. The zero-order chi connectivity index (χ0) is 16.5. The molecule has 2 heterocycles. The van der Waals surface area contributed by atoms with Gasteiger partial charge in [-0.1, -0.05) is 38.1 Å².